The van der Waals surface area contributed by atoms with Crippen LogP contribution < -0.4 is 0 Å². The van der Waals surface area contributed by atoms with Crippen molar-refractivity contribution in [1.82, 2.24) is 0 Å². The Bertz CT molecular complexity index is 853. The van der Waals surface area contributed by atoms with E-state index in [1.807, 2.05) is 65.0 Å². The molecular weight excluding hydrogens is 364 g/mol. The second-order valence-electron chi connectivity index (χ2n) is 8.07. The lowest BCUT2D eigenvalue weighted by molar-refractivity contribution is -0.137. The number of hydrogen-bond acceptors (Lipinski definition) is 2. The summed E-state index contributed by atoms with van der Waals surface area (Å²) >= 11 is 0. The molecule has 28 heavy (non-hydrogen) atoms. The van der Waals surface area contributed by atoms with Crippen LogP contribution in [-0.2, 0) is 15.5 Å². The van der Waals surface area contributed by atoms with Gasteiger partial charge in [0.05, 0.1) is 16.8 Å². The van der Waals surface area contributed by atoms with Crippen molar-refractivity contribution in [3.8, 4) is 0 Å². The first-order valence-corrected chi connectivity index (χ1v) is 9.22. The third-order valence-electron chi connectivity index (χ3n) is 5.62. The SMILES string of the molecule is C/C(=C(/B1OC(C)(C)C(C)(C)O1)c1ccc(C(F)(F)F)cc1)c1ccccc1. The molecule has 0 amide bonds. The zero-order chi connectivity index (χ0) is 20.7. The molecule has 1 heterocycles. The van der Waals surface area contributed by atoms with E-state index in [0.29, 0.717) is 5.56 Å². The molecule has 3 rings (SSSR count). The molecule has 0 aliphatic carbocycles. The highest BCUT2D eigenvalue weighted by molar-refractivity contribution is 6.71. The van der Waals surface area contributed by atoms with Crippen LogP contribution in [0.3, 0.4) is 0 Å². The third-order valence-corrected chi connectivity index (χ3v) is 5.62. The number of hydrogen-bond donors (Lipinski definition) is 0. The minimum absolute atomic E-state index is 0.550. The fourth-order valence-corrected chi connectivity index (χ4v) is 3.17. The summed E-state index contributed by atoms with van der Waals surface area (Å²) in [6.07, 6.45) is -4.37. The van der Waals surface area contributed by atoms with Gasteiger partial charge < -0.3 is 9.31 Å². The first kappa shape index (κ1) is 20.7. The maximum absolute atomic E-state index is 13.0. The van der Waals surface area contributed by atoms with Gasteiger partial charge in [0.25, 0.3) is 0 Å². The van der Waals surface area contributed by atoms with Crippen LogP contribution in [0.5, 0.6) is 0 Å². The van der Waals surface area contributed by atoms with E-state index in [0.717, 1.165) is 28.7 Å². The van der Waals surface area contributed by atoms with E-state index in [-0.39, 0.29) is 0 Å². The van der Waals surface area contributed by atoms with E-state index in [1.54, 1.807) is 0 Å². The van der Waals surface area contributed by atoms with Gasteiger partial charge in [-0.1, -0.05) is 42.5 Å². The van der Waals surface area contributed by atoms with E-state index < -0.39 is 30.1 Å². The van der Waals surface area contributed by atoms with E-state index in [9.17, 15) is 13.2 Å². The summed E-state index contributed by atoms with van der Waals surface area (Å²) in [5.41, 5.74) is 1.47. The molecule has 0 atom stereocenters. The molecule has 0 spiro atoms. The van der Waals surface area contributed by atoms with E-state index in [2.05, 4.69) is 0 Å². The Hall–Kier alpha value is -2.05. The van der Waals surface area contributed by atoms with Gasteiger partial charge in [-0.15, -0.1) is 0 Å². The predicted octanol–water partition coefficient (Wildman–Crippen LogP) is 6.27. The lowest BCUT2D eigenvalue weighted by Gasteiger charge is -2.32. The molecule has 1 saturated heterocycles. The van der Waals surface area contributed by atoms with Gasteiger partial charge in [-0.3, -0.25) is 0 Å². The fourth-order valence-electron chi connectivity index (χ4n) is 3.17. The smallest absolute Gasteiger partial charge is 0.399 e. The molecule has 2 aromatic carbocycles. The summed E-state index contributed by atoms with van der Waals surface area (Å²) in [5, 5.41) is 0. The van der Waals surface area contributed by atoms with Crippen LogP contribution in [0.2, 0.25) is 0 Å². The number of rotatable bonds is 3. The van der Waals surface area contributed by atoms with Gasteiger partial charge in [0.1, 0.15) is 0 Å². The second kappa shape index (κ2) is 7.09. The number of allylic oxidation sites excluding steroid dienone is 1. The zero-order valence-electron chi connectivity index (χ0n) is 16.7. The Morgan fingerprint density at radius 3 is 1.75 bits per heavy atom. The normalized spacial score (nSPS) is 19.5. The average Bonchev–Trinajstić information content (AvgIpc) is 2.82. The molecule has 6 heteroatoms. The summed E-state index contributed by atoms with van der Waals surface area (Å²) in [4.78, 5) is 0. The Morgan fingerprint density at radius 2 is 1.29 bits per heavy atom. The van der Waals surface area contributed by atoms with Crippen molar-refractivity contribution in [2.24, 2.45) is 0 Å². The minimum atomic E-state index is -4.37. The van der Waals surface area contributed by atoms with Gasteiger partial charge in [0, 0.05) is 0 Å². The van der Waals surface area contributed by atoms with Crippen molar-refractivity contribution >= 4 is 18.2 Å². The highest BCUT2D eigenvalue weighted by Crippen LogP contribution is 2.43. The summed E-state index contributed by atoms with van der Waals surface area (Å²) in [5.74, 6) is 0. The monoisotopic (exact) mass is 388 g/mol. The van der Waals surface area contributed by atoms with Crippen LogP contribution in [0, 0.1) is 0 Å². The quantitative estimate of drug-likeness (QED) is 0.456. The second-order valence-corrected chi connectivity index (χ2v) is 8.07. The van der Waals surface area contributed by atoms with Gasteiger partial charge in [-0.05, 0) is 68.9 Å². The number of halogens is 3. The highest BCUT2D eigenvalue weighted by Gasteiger charge is 2.53. The Morgan fingerprint density at radius 1 is 0.786 bits per heavy atom. The zero-order valence-corrected chi connectivity index (χ0v) is 16.7. The van der Waals surface area contributed by atoms with Crippen molar-refractivity contribution in [3.63, 3.8) is 0 Å². The third kappa shape index (κ3) is 3.89. The number of alkyl halides is 3. The van der Waals surface area contributed by atoms with Gasteiger partial charge in [-0.2, -0.15) is 13.2 Å². The summed E-state index contributed by atoms with van der Waals surface area (Å²) in [6, 6.07) is 14.8. The Kier molecular flexibility index (Phi) is 5.23. The Labute approximate surface area is 164 Å². The molecule has 148 valence electrons. The van der Waals surface area contributed by atoms with Crippen LogP contribution in [0.4, 0.5) is 13.2 Å². The molecule has 1 aliphatic heterocycles. The molecule has 1 fully saturated rings. The Balaban J connectivity index is 2.11. The maximum atomic E-state index is 13.0. The number of benzene rings is 2. The van der Waals surface area contributed by atoms with E-state index >= 15 is 0 Å². The first-order chi connectivity index (χ1) is 12.9. The first-order valence-electron chi connectivity index (χ1n) is 9.22. The van der Waals surface area contributed by atoms with Crippen LogP contribution in [-0.4, -0.2) is 18.3 Å². The lowest BCUT2D eigenvalue weighted by Crippen LogP contribution is -2.41. The fraction of sp³-hybridized carbons (Fsp3) is 0.364. The van der Waals surface area contributed by atoms with Crippen LogP contribution in [0.25, 0.3) is 11.0 Å². The molecule has 0 bridgehead atoms. The molecule has 0 saturated carbocycles. The van der Waals surface area contributed by atoms with Crippen LogP contribution >= 0.6 is 0 Å². The van der Waals surface area contributed by atoms with Crippen molar-refractivity contribution in [2.75, 3.05) is 0 Å². The van der Waals surface area contributed by atoms with Crippen LogP contribution in [0.15, 0.2) is 54.6 Å². The van der Waals surface area contributed by atoms with Gasteiger partial charge >= 0.3 is 13.3 Å². The molecular formula is C22H24BF3O2. The molecule has 2 aromatic rings. The van der Waals surface area contributed by atoms with Gasteiger partial charge in [-0.25, -0.2) is 0 Å². The van der Waals surface area contributed by atoms with Gasteiger partial charge in [0.2, 0.25) is 0 Å². The van der Waals surface area contributed by atoms with Crippen molar-refractivity contribution in [1.29, 1.82) is 0 Å². The van der Waals surface area contributed by atoms with Gasteiger partial charge in [0.15, 0.2) is 0 Å². The summed E-state index contributed by atoms with van der Waals surface area (Å²) < 4.78 is 51.4. The van der Waals surface area contributed by atoms with Crippen molar-refractivity contribution in [2.45, 2.75) is 52.0 Å². The topological polar surface area (TPSA) is 18.5 Å². The van der Waals surface area contributed by atoms with Crippen molar-refractivity contribution < 1.29 is 22.5 Å². The molecule has 1 aliphatic rings. The van der Waals surface area contributed by atoms with E-state index in [1.165, 1.54) is 12.1 Å². The molecule has 0 unspecified atom stereocenters. The lowest BCUT2D eigenvalue weighted by atomic mass is 9.70. The predicted molar refractivity (Wildman–Crippen MR) is 106 cm³/mol. The molecule has 0 radical (unpaired) electrons. The van der Waals surface area contributed by atoms with Crippen molar-refractivity contribution in [3.05, 3.63) is 71.3 Å². The van der Waals surface area contributed by atoms with E-state index in [4.69, 9.17) is 9.31 Å². The molecule has 0 N–H and O–H groups in total. The minimum Gasteiger partial charge on any atom is -0.399 e. The van der Waals surface area contributed by atoms with Crippen LogP contribution in [0.1, 0.15) is 51.3 Å². The standard InChI is InChI=1S/C22H24BF3O2/c1-15(16-9-7-6-8-10-16)19(23-27-20(2,3)21(4,5)28-23)17-11-13-18(14-12-17)22(24,25)26/h6-14H,1-5H3/b19-15-. The summed E-state index contributed by atoms with van der Waals surface area (Å²) in [6.45, 7) is 9.75. The largest absolute Gasteiger partial charge is 0.495 e. The molecule has 0 aromatic heterocycles. The molecule has 2 nitrogen and oxygen atoms in total. The highest BCUT2D eigenvalue weighted by atomic mass is 19.4. The summed E-state index contributed by atoms with van der Waals surface area (Å²) in [7, 11) is -0.679. The maximum Gasteiger partial charge on any atom is 0.495 e. The average molecular weight is 388 g/mol.